The highest BCUT2D eigenvalue weighted by Gasteiger charge is 2.17. The number of hydrogen-bond donors (Lipinski definition) is 0. The van der Waals surface area contributed by atoms with Crippen molar-refractivity contribution in [2.45, 2.75) is 6.54 Å². The van der Waals surface area contributed by atoms with Crippen molar-refractivity contribution in [2.24, 2.45) is 0 Å². The summed E-state index contributed by atoms with van der Waals surface area (Å²) in [6.45, 7) is 1.01. The third kappa shape index (κ3) is 2.56. The molecule has 0 N–H and O–H groups in total. The van der Waals surface area contributed by atoms with E-state index >= 15 is 0 Å². The Morgan fingerprint density at radius 2 is 1.82 bits per heavy atom. The zero-order valence-electron chi connectivity index (χ0n) is 11.0. The molecule has 3 heteroatoms. The lowest BCUT2D eigenvalue weighted by Gasteiger charge is -2.24. The van der Waals surface area contributed by atoms with Crippen LogP contribution in [0.15, 0.2) is 36.5 Å². The molecule has 0 aliphatic heterocycles. The molecule has 1 heterocycles. The Bertz CT molecular complexity index is 529. The van der Waals surface area contributed by atoms with Crippen molar-refractivity contribution >= 4 is 10.9 Å². The molecule has 0 saturated heterocycles. The van der Waals surface area contributed by atoms with Crippen LogP contribution in [0.4, 0.5) is 0 Å². The molecule has 17 heavy (non-hydrogen) atoms. The van der Waals surface area contributed by atoms with Gasteiger partial charge in [0.1, 0.15) is 13.7 Å². The van der Waals surface area contributed by atoms with Crippen LogP contribution in [0, 0.1) is 0 Å². The molecule has 0 saturated carbocycles. The minimum atomic E-state index is 0.918. The van der Waals surface area contributed by atoms with E-state index in [9.17, 15) is 0 Å². The van der Waals surface area contributed by atoms with Crippen molar-refractivity contribution in [3.8, 4) is 0 Å². The summed E-state index contributed by atoms with van der Waals surface area (Å²) < 4.78 is 2.72. The molecule has 2 rings (SSSR count). The maximum absolute atomic E-state index is 5.32. The first-order chi connectivity index (χ1) is 8.01. The number of aromatic nitrogens is 1. The molecule has 0 fully saturated rings. The van der Waals surface area contributed by atoms with Crippen LogP contribution in [0.1, 0.15) is 5.56 Å². The van der Waals surface area contributed by atoms with E-state index in [-0.39, 0.29) is 0 Å². The van der Waals surface area contributed by atoms with E-state index in [0.717, 1.165) is 16.5 Å². The van der Waals surface area contributed by atoms with E-state index < -0.39 is 0 Å². The second kappa shape index (κ2) is 4.34. The second-order valence-electron chi connectivity index (χ2n) is 5.31. The van der Waals surface area contributed by atoms with Crippen LogP contribution in [0.25, 0.3) is 10.9 Å². The van der Waals surface area contributed by atoms with Crippen LogP contribution in [0.3, 0.4) is 0 Å². The number of para-hydroxylation sites is 1. The van der Waals surface area contributed by atoms with E-state index in [1.807, 2.05) is 12.3 Å². The van der Waals surface area contributed by atoms with E-state index in [1.54, 1.807) is 11.8 Å². The van der Waals surface area contributed by atoms with Crippen LogP contribution < -0.4 is 9.57 Å². The lowest BCUT2D eigenvalue weighted by atomic mass is 10.1. The second-order valence-corrected chi connectivity index (χ2v) is 5.31. The van der Waals surface area contributed by atoms with Gasteiger partial charge in [-0.3, -0.25) is 4.84 Å². The van der Waals surface area contributed by atoms with Gasteiger partial charge in [-0.25, -0.2) is 0 Å². The molecular weight excluding hydrogens is 212 g/mol. The molecule has 1 aromatic carbocycles. The largest absolute Gasteiger partial charge is 0.327 e. The van der Waals surface area contributed by atoms with Gasteiger partial charge in [-0.15, -0.1) is 0 Å². The van der Waals surface area contributed by atoms with Crippen molar-refractivity contribution in [1.82, 2.24) is 0 Å². The van der Waals surface area contributed by atoms with Crippen LogP contribution >= 0.6 is 0 Å². The fraction of sp³-hybridized carbons (Fsp3) is 0.357. The highest BCUT2D eigenvalue weighted by Crippen LogP contribution is 2.17. The van der Waals surface area contributed by atoms with Crippen molar-refractivity contribution in [2.75, 3.05) is 28.3 Å². The number of benzene rings is 1. The maximum atomic E-state index is 5.32. The van der Waals surface area contributed by atoms with Gasteiger partial charge in [-0.05, 0) is 6.07 Å². The average molecular weight is 232 g/mol. The fourth-order valence-corrected chi connectivity index (χ4v) is 2.07. The first-order valence-corrected chi connectivity index (χ1v) is 5.78. The predicted molar refractivity (Wildman–Crippen MR) is 68.4 cm³/mol. The Morgan fingerprint density at radius 3 is 2.47 bits per heavy atom. The smallest absolute Gasteiger partial charge is 0.265 e. The van der Waals surface area contributed by atoms with Gasteiger partial charge in [0.05, 0.1) is 26.5 Å². The minimum Gasteiger partial charge on any atom is -0.327 e. The lowest BCUT2D eigenvalue weighted by Crippen LogP contribution is -2.41. The summed E-state index contributed by atoms with van der Waals surface area (Å²) in [6, 6.07) is 10.5. The summed E-state index contributed by atoms with van der Waals surface area (Å²) >= 11 is 0. The van der Waals surface area contributed by atoms with Gasteiger partial charge in [-0.1, -0.05) is 12.1 Å². The lowest BCUT2D eigenvalue weighted by molar-refractivity contribution is -0.884. The van der Waals surface area contributed by atoms with Crippen molar-refractivity contribution in [3.05, 3.63) is 42.1 Å². The van der Waals surface area contributed by atoms with Gasteiger partial charge < -0.3 is 4.48 Å². The monoisotopic (exact) mass is 232 g/mol. The van der Waals surface area contributed by atoms with Gasteiger partial charge in [-0.2, -0.15) is 0 Å². The van der Waals surface area contributed by atoms with Crippen molar-refractivity contribution < 1.29 is 14.1 Å². The molecular formula is C14H20N2O+2. The average Bonchev–Trinajstić information content (AvgIpc) is 2.28. The SMILES string of the molecule is CO[n+]1ccc(C[N+](C)(C)C)c2ccccc21. The summed E-state index contributed by atoms with van der Waals surface area (Å²) in [7, 11) is 8.29. The van der Waals surface area contributed by atoms with Gasteiger partial charge >= 0.3 is 0 Å². The quantitative estimate of drug-likeness (QED) is 0.576. The van der Waals surface area contributed by atoms with Crippen LogP contribution in [-0.2, 0) is 6.54 Å². The molecule has 0 unspecified atom stereocenters. The first-order valence-electron chi connectivity index (χ1n) is 5.78. The summed E-state index contributed by atoms with van der Waals surface area (Å²) in [6.07, 6.45) is 1.98. The predicted octanol–water partition coefficient (Wildman–Crippen LogP) is 1.39. The molecule has 2 aromatic rings. The molecule has 3 nitrogen and oxygen atoms in total. The molecule has 0 amide bonds. The van der Waals surface area contributed by atoms with Gasteiger partial charge in [0.15, 0.2) is 0 Å². The van der Waals surface area contributed by atoms with Crippen molar-refractivity contribution in [3.63, 3.8) is 0 Å². The van der Waals surface area contributed by atoms with Crippen molar-refractivity contribution in [1.29, 1.82) is 0 Å². The zero-order valence-corrected chi connectivity index (χ0v) is 11.0. The Balaban J connectivity index is 2.59. The molecule has 0 radical (unpaired) electrons. The maximum Gasteiger partial charge on any atom is 0.265 e. The summed E-state index contributed by atoms with van der Waals surface area (Å²) in [5.41, 5.74) is 2.46. The molecule has 0 spiro atoms. The summed E-state index contributed by atoms with van der Waals surface area (Å²) in [5, 5.41) is 1.25. The standard InChI is InChI=1S/C14H20N2O/c1-16(2,3)11-12-9-10-15(17-4)14-8-6-5-7-13(12)14/h5-10H,11H2,1-4H3/q+2. The van der Waals surface area contributed by atoms with Gasteiger partial charge in [0.25, 0.3) is 5.52 Å². The first kappa shape index (κ1) is 11.9. The number of quaternary nitrogens is 1. The van der Waals surface area contributed by atoms with E-state index in [1.165, 1.54) is 10.9 Å². The van der Waals surface area contributed by atoms with E-state index in [0.29, 0.717) is 0 Å². The van der Waals surface area contributed by atoms with Crippen LogP contribution in [0.5, 0.6) is 0 Å². The topological polar surface area (TPSA) is 13.1 Å². The molecule has 90 valence electrons. The summed E-state index contributed by atoms with van der Waals surface area (Å²) in [4.78, 5) is 5.32. The molecule has 0 aliphatic rings. The minimum absolute atomic E-state index is 0.918. The van der Waals surface area contributed by atoms with Gasteiger partial charge in [0.2, 0.25) is 6.20 Å². The van der Waals surface area contributed by atoms with E-state index in [4.69, 9.17) is 4.84 Å². The van der Waals surface area contributed by atoms with Gasteiger partial charge in [0, 0.05) is 22.4 Å². The molecule has 0 aliphatic carbocycles. The molecule has 0 bridgehead atoms. The highest BCUT2D eigenvalue weighted by atomic mass is 16.6. The van der Waals surface area contributed by atoms with Crippen LogP contribution in [-0.4, -0.2) is 32.7 Å². The molecule has 0 atom stereocenters. The number of fused-ring (bicyclic) bond motifs is 1. The van der Waals surface area contributed by atoms with Crippen LogP contribution in [0.2, 0.25) is 0 Å². The Hall–Kier alpha value is -1.61. The number of nitrogens with zero attached hydrogens (tertiary/aromatic N) is 2. The third-order valence-electron chi connectivity index (χ3n) is 2.74. The zero-order chi connectivity index (χ0) is 12.5. The number of pyridine rings is 1. The molecule has 1 aromatic heterocycles. The fourth-order valence-electron chi connectivity index (χ4n) is 2.07. The highest BCUT2D eigenvalue weighted by molar-refractivity contribution is 5.78. The van der Waals surface area contributed by atoms with E-state index in [2.05, 4.69) is 45.4 Å². The normalized spacial score (nSPS) is 11.8. The number of rotatable bonds is 3. The Labute approximate surface area is 102 Å². The Kier molecular flexibility index (Phi) is 3.03. The third-order valence-corrected chi connectivity index (χ3v) is 2.74. The Morgan fingerprint density at radius 1 is 1.12 bits per heavy atom. The number of hydrogen-bond acceptors (Lipinski definition) is 1. The summed E-state index contributed by atoms with van der Waals surface area (Å²) in [5.74, 6) is 0.